The number of imidazole rings is 1. The van der Waals surface area contributed by atoms with Crippen molar-refractivity contribution in [3.05, 3.63) is 89.5 Å². The Morgan fingerprint density at radius 2 is 1.93 bits per heavy atom. The number of aryl methyl sites for hydroxylation is 2. The molecule has 1 atom stereocenters. The number of halogens is 1. The SMILES string of the molecule is Cc1c(C(=O)N[C@@H](c2ccccc2F)c2nccn2C)oc2ccccc12. The van der Waals surface area contributed by atoms with Gasteiger partial charge in [-0.2, -0.15) is 0 Å². The Bertz CT molecular complexity index is 1130. The Labute approximate surface area is 155 Å². The van der Waals surface area contributed by atoms with Gasteiger partial charge >= 0.3 is 0 Å². The highest BCUT2D eigenvalue weighted by Gasteiger charge is 2.26. The van der Waals surface area contributed by atoms with Gasteiger partial charge in [0.2, 0.25) is 0 Å². The molecule has 4 rings (SSSR count). The van der Waals surface area contributed by atoms with Gasteiger partial charge in [-0.3, -0.25) is 4.79 Å². The molecule has 27 heavy (non-hydrogen) atoms. The van der Waals surface area contributed by atoms with Crippen LogP contribution in [0, 0.1) is 12.7 Å². The summed E-state index contributed by atoms with van der Waals surface area (Å²) in [5, 5.41) is 3.76. The minimum absolute atomic E-state index is 0.215. The Morgan fingerprint density at radius 3 is 2.63 bits per heavy atom. The van der Waals surface area contributed by atoms with Gasteiger partial charge in [0.1, 0.15) is 23.3 Å². The average Bonchev–Trinajstić information content (AvgIpc) is 3.24. The van der Waals surface area contributed by atoms with Crippen LogP contribution in [0.25, 0.3) is 11.0 Å². The number of nitrogens with zero attached hydrogens (tertiary/aromatic N) is 2. The van der Waals surface area contributed by atoms with Crippen LogP contribution in [0.4, 0.5) is 4.39 Å². The van der Waals surface area contributed by atoms with E-state index in [1.54, 1.807) is 42.2 Å². The van der Waals surface area contributed by atoms with E-state index in [0.717, 1.165) is 10.9 Å². The number of nitrogens with one attached hydrogen (secondary N) is 1. The molecule has 1 amide bonds. The van der Waals surface area contributed by atoms with Crippen molar-refractivity contribution < 1.29 is 13.6 Å². The largest absolute Gasteiger partial charge is 0.451 e. The maximum atomic E-state index is 14.5. The van der Waals surface area contributed by atoms with Crippen LogP contribution in [0.3, 0.4) is 0 Å². The Hall–Kier alpha value is -3.41. The number of benzene rings is 2. The van der Waals surface area contributed by atoms with Gasteiger partial charge in [-0.15, -0.1) is 0 Å². The van der Waals surface area contributed by atoms with Gasteiger partial charge in [-0.1, -0.05) is 36.4 Å². The van der Waals surface area contributed by atoms with Crippen LogP contribution in [-0.2, 0) is 7.05 Å². The zero-order chi connectivity index (χ0) is 19.0. The predicted molar refractivity (Wildman–Crippen MR) is 99.9 cm³/mol. The molecule has 136 valence electrons. The second-order valence-corrected chi connectivity index (χ2v) is 6.38. The quantitative estimate of drug-likeness (QED) is 0.593. The summed E-state index contributed by atoms with van der Waals surface area (Å²) in [5.74, 6) is -0.0824. The highest BCUT2D eigenvalue weighted by molar-refractivity contribution is 5.99. The minimum Gasteiger partial charge on any atom is -0.451 e. The number of fused-ring (bicyclic) bond motifs is 1. The zero-order valence-electron chi connectivity index (χ0n) is 14.9. The number of furan rings is 1. The number of carbonyl (C=O) groups excluding carboxylic acids is 1. The van der Waals surface area contributed by atoms with E-state index in [0.29, 0.717) is 17.0 Å². The van der Waals surface area contributed by atoms with Gasteiger partial charge in [0, 0.05) is 36.0 Å². The fourth-order valence-corrected chi connectivity index (χ4v) is 3.23. The molecule has 5 nitrogen and oxygen atoms in total. The number of aromatic nitrogens is 2. The van der Waals surface area contributed by atoms with Crippen molar-refractivity contribution in [2.45, 2.75) is 13.0 Å². The van der Waals surface area contributed by atoms with Crippen LogP contribution < -0.4 is 5.32 Å². The summed E-state index contributed by atoms with van der Waals surface area (Å²) < 4.78 is 21.9. The summed E-state index contributed by atoms with van der Waals surface area (Å²) in [6, 6.07) is 13.1. The van der Waals surface area contributed by atoms with Crippen LogP contribution in [0.15, 0.2) is 65.3 Å². The van der Waals surface area contributed by atoms with E-state index in [1.807, 2.05) is 31.2 Å². The minimum atomic E-state index is -0.744. The molecule has 0 saturated heterocycles. The molecule has 0 aliphatic carbocycles. The van der Waals surface area contributed by atoms with Gasteiger partial charge in [-0.25, -0.2) is 9.37 Å². The molecule has 0 spiro atoms. The van der Waals surface area contributed by atoms with Crippen molar-refractivity contribution in [3.8, 4) is 0 Å². The summed E-state index contributed by atoms with van der Waals surface area (Å²) in [4.78, 5) is 17.3. The van der Waals surface area contributed by atoms with Gasteiger partial charge in [0.15, 0.2) is 5.76 Å². The molecule has 0 unspecified atom stereocenters. The predicted octanol–water partition coefficient (Wildman–Crippen LogP) is 4.13. The fraction of sp³-hybridized carbons (Fsp3) is 0.143. The molecule has 1 N–H and O–H groups in total. The normalized spacial score (nSPS) is 12.3. The lowest BCUT2D eigenvalue weighted by atomic mass is 10.0. The molecule has 4 aromatic rings. The third kappa shape index (κ3) is 2.99. The molecule has 0 radical (unpaired) electrons. The van der Waals surface area contributed by atoms with Gasteiger partial charge < -0.3 is 14.3 Å². The molecule has 0 aliphatic rings. The smallest absolute Gasteiger partial charge is 0.288 e. The standard InChI is InChI=1S/C21H18FN3O2/c1-13-14-7-4-6-10-17(14)27-19(13)21(26)24-18(20-23-11-12-25(20)2)15-8-3-5-9-16(15)22/h3-12,18H,1-2H3,(H,24,26)/t18-/m0/s1. The molecular formula is C21H18FN3O2. The zero-order valence-corrected chi connectivity index (χ0v) is 14.9. The highest BCUT2D eigenvalue weighted by Crippen LogP contribution is 2.27. The number of carbonyl (C=O) groups is 1. The van der Waals surface area contributed by atoms with Gasteiger partial charge in [0.05, 0.1) is 0 Å². The van der Waals surface area contributed by atoms with Crippen LogP contribution in [0.5, 0.6) is 0 Å². The molecule has 0 saturated carbocycles. The summed E-state index contributed by atoms with van der Waals surface area (Å²) in [7, 11) is 1.80. The molecule has 0 fully saturated rings. The molecule has 0 bridgehead atoms. The van der Waals surface area contributed by atoms with E-state index in [2.05, 4.69) is 10.3 Å². The molecular weight excluding hydrogens is 345 g/mol. The first kappa shape index (κ1) is 17.0. The molecule has 2 aromatic carbocycles. The van der Waals surface area contributed by atoms with E-state index in [-0.39, 0.29) is 5.76 Å². The highest BCUT2D eigenvalue weighted by atomic mass is 19.1. The number of hydrogen-bond acceptors (Lipinski definition) is 3. The third-order valence-corrected chi connectivity index (χ3v) is 4.66. The third-order valence-electron chi connectivity index (χ3n) is 4.66. The second-order valence-electron chi connectivity index (χ2n) is 6.38. The van der Waals surface area contributed by atoms with E-state index >= 15 is 0 Å². The Balaban J connectivity index is 1.75. The lowest BCUT2D eigenvalue weighted by Crippen LogP contribution is -2.31. The van der Waals surface area contributed by atoms with Crippen LogP contribution in [0.2, 0.25) is 0 Å². The number of rotatable bonds is 4. The average molecular weight is 363 g/mol. The summed E-state index contributed by atoms with van der Waals surface area (Å²) >= 11 is 0. The lowest BCUT2D eigenvalue weighted by Gasteiger charge is -2.19. The Kier molecular flexibility index (Phi) is 4.24. The van der Waals surface area contributed by atoms with E-state index in [4.69, 9.17) is 4.42 Å². The molecule has 0 aliphatic heterocycles. The van der Waals surface area contributed by atoms with E-state index < -0.39 is 17.8 Å². The first-order valence-electron chi connectivity index (χ1n) is 8.57. The first-order valence-corrected chi connectivity index (χ1v) is 8.57. The summed E-state index contributed by atoms with van der Waals surface area (Å²) in [6.45, 7) is 1.83. The van der Waals surface area contributed by atoms with Crippen molar-refractivity contribution in [1.82, 2.24) is 14.9 Å². The maximum Gasteiger partial charge on any atom is 0.288 e. The van der Waals surface area contributed by atoms with E-state index in [9.17, 15) is 9.18 Å². The van der Waals surface area contributed by atoms with Crippen LogP contribution >= 0.6 is 0 Å². The first-order chi connectivity index (χ1) is 13.1. The Morgan fingerprint density at radius 1 is 1.19 bits per heavy atom. The number of para-hydroxylation sites is 1. The lowest BCUT2D eigenvalue weighted by molar-refractivity contribution is 0.0914. The fourth-order valence-electron chi connectivity index (χ4n) is 3.23. The summed E-state index contributed by atoms with van der Waals surface area (Å²) in [6.07, 6.45) is 3.36. The van der Waals surface area contributed by atoms with Crippen molar-refractivity contribution >= 4 is 16.9 Å². The topological polar surface area (TPSA) is 60.1 Å². The summed E-state index contributed by atoms with van der Waals surface area (Å²) in [5.41, 5.74) is 1.73. The van der Waals surface area contributed by atoms with E-state index in [1.165, 1.54) is 6.07 Å². The van der Waals surface area contributed by atoms with Crippen LogP contribution in [0.1, 0.15) is 33.5 Å². The van der Waals surface area contributed by atoms with Crippen molar-refractivity contribution in [2.24, 2.45) is 7.05 Å². The van der Waals surface area contributed by atoms with Crippen molar-refractivity contribution in [1.29, 1.82) is 0 Å². The van der Waals surface area contributed by atoms with Gasteiger partial charge in [-0.05, 0) is 19.1 Å². The monoisotopic (exact) mass is 363 g/mol. The molecule has 6 heteroatoms. The maximum absolute atomic E-state index is 14.5. The van der Waals surface area contributed by atoms with Crippen molar-refractivity contribution in [2.75, 3.05) is 0 Å². The molecule has 2 aromatic heterocycles. The number of amides is 1. The van der Waals surface area contributed by atoms with Crippen LogP contribution in [-0.4, -0.2) is 15.5 Å². The second kappa shape index (κ2) is 6.72. The van der Waals surface area contributed by atoms with Crippen molar-refractivity contribution in [3.63, 3.8) is 0 Å². The molecule has 2 heterocycles. The van der Waals surface area contributed by atoms with Gasteiger partial charge in [0.25, 0.3) is 5.91 Å². The number of hydrogen-bond donors (Lipinski definition) is 1.